The lowest BCUT2D eigenvalue weighted by Crippen LogP contribution is -2.27. The van der Waals surface area contributed by atoms with Gasteiger partial charge < -0.3 is 8.92 Å². The Morgan fingerprint density at radius 1 is 1.07 bits per heavy atom. The first-order valence-electron chi connectivity index (χ1n) is 8.75. The summed E-state index contributed by atoms with van der Waals surface area (Å²) < 4.78 is 17.5. The normalized spacial score (nSPS) is 10.6. The Morgan fingerprint density at radius 3 is 2.43 bits per heavy atom. The Balaban J connectivity index is 1.78. The third kappa shape index (κ3) is 5.62. The summed E-state index contributed by atoms with van der Waals surface area (Å²) in [5.74, 6) is 1.03. The average molecular weight is 428 g/mol. The second-order valence-corrected chi connectivity index (χ2v) is 6.59. The largest absolute Gasteiger partial charge is 0.493 e. The molecule has 0 amide bonds. The van der Waals surface area contributed by atoms with Gasteiger partial charge in [0.2, 0.25) is 0 Å². The molecule has 10 nitrogen and oxygen atoms in total. The van der Waals surface area contributed by atoms with E-state index < -0.39 is 0 Å². The molecule has 3 aromatic rings. The van der Waals surface area contributed by atoms with Crippen LogP contribution in [0, 0.1) is 11.3 Å². The van der Waals surface area contributed by atoms with Gasteiger partial charge in [0.1, 0.15) is 12.7 Å². The maximum atomic E-state index is 9.04. The molecule has 0 bridgehead atoms. The fraction of sp³-hybridized carbons (Fsp3) is 0.211. The van der Waals surface area contributed by atoms with Crippen LogP contribution >= 0.6 is 12.3 Å². The summed E-state index contributed by atoms with van der Waals surface area (Å²) in [4.78, 5) is 4.81. The molecule has 0 N–H and O–H groups in total. The van der Waals surface area contributed by atoms with Crippen LogP contribution in [-0.4, -0.2) is 41.1 Å². The van der Waals surface area contributed by atoms with Crippen molar-refractivity contribution >= 4 is 18.0 Å². The maximum absolute atomic E-state index is 9.04. The number of hydrogen-bond acceptors (Lipinski definition) is 10. The van der Waals surface area contributed by atoms with E-state index in [4.69, 9.17) is 23.5 Å². The van der Waals surface area contributed by atoms with Crippen molar-refractivity contribution in [2.75, 3.05) is 26.2 Å². The van der Waals surface area contributed by atoms with Gasteiger partial charge >= 0.3 is 0 Å². The SMILES string of the molecule is COc1cc(CN(c2ccc(C#N)cc2)n2cnnc2)ccc1OSOON(C)C. The van der Waals surface area contributed by atoms with Gasteiger partial charge in [-0.2, -0.15) is 10.3 Å². The highest BCUT2D eigenvalue weighted by molar-refractivity contribution is 7.90. The molecule has 0 unspecified atom stereocenters. The lowest BCUT2D eigenvalue weighted by atomic mass is 10.1. The van der Waals surface area contributed by atoms with Gasteiger partial charge in [-0.1, -0.05) is 6.07 Å². The van der Waals surface area contributed by atoms with Crippen molar-refractivity contribution in [3.8, 4) is 17.6 Å². The fourth-order valence-corrected chi connectivity index (χ4v) is 2.90. The highest BCUT2D eigenvalue weighted by Gasteiger charge is 2.13. The predicted octanol–water partition coefficient (Wildman–Crippen LogP) is 3.00. The van der Waals surface area contributed by atoms with Gasteiger partial charge in [-0.15, -0.1) is 19.5 Å². The van der Waals surface area contributed by atoms with Crippen LogP contribution in [0.3, 0.4) is 0 Å². The molecule has 0 aliphatic heterocycles. The number of rotatable bonds is 10. The molecule has 0 aliphatic carbocycles. The zero-order valence-corrected chi connectivity index (χ0v) is 17.4. The van der Waals surface area contributed by atoms with Gasteiger partial charge in [-0.05, 0) is 42.0 Å². The van der Waals surface area contributed by atoms with Crippen molar-refractivity contribution in [3.05, 3.63) is 66.2 Å². The Labute approximate surface area is 178 Å². The van der Waals surface area contributed by atoms with Crippen LogP contribution in [0.15, 0.2) is 55.1 Å². The van der Waals surface area contributed by atoms with E-state index in [9.17, 15) is 0 Å². The third-order valence-corrected chi connectivity index (χ3v) is 4.24. The van der Waals surface area contributed by atoms with E-state index >= 15 is 0 Å². The van der Waals surface area contributed by atoms with Crippen molar-refractivity contribution in [2.24, 2.45) is 0 Å². The highest BCUT2D eigenvalue weighted by atomic mass is 32.2. The molecule has 1 heterocycles. The summed E-state index contributed by atoms with van der Waals surface area (Å²) in [7, 11) is 4.93. The van der Waals surface area contributed by atoms with Crippen LogP contribution < -0.4 is 13.9 Å². The second-order valence-electron chi connectivity index (χ2n) is 6.15. The summed E-state index contributed by atoms with van der Waals surface area (Å²) in [5, 5.41) is 20.2. The van der Waals surface area contributed by atoms with E-state index in [1.54, 1.807) is 56.7 Å². The maximum Gasteiger partial charge on any atom is 0.260 e. The summed E-state index contributed by atoms with van der Waals surface area (Å²) >= 11 is 0.681. The first-order valence-corrected chi connectivity index (χ1v) is 9.42. The number of anilines is 1. The van der Waals surface area contributed by atoms with Crippen LogP contribution in [-0.2, 0) is 15.9 Å². The van der Waals surface area contributed by atoms with E-state index in [1.807, 2.05) is 29.3 Å². The molecular weight excluding hydrogens is 408 g/mol. The standard InChI is InChI=1S/C19H20N6O4S/c1-23(2)28-29-30-27-18-9-6-16(10-19(18)26-3)12-25(24-13-21-22-14-24)17-7-4-15(11-20)5-8-17/h4-10,13-14H,12H2,1-3H3. The third-order valence-electron chi connectivity index (χ3n) is 3.87. The van der Waals surface area contributed by atoms with Crippen LogP contribution in [0.1, 0.15) is 11.1 Å². The Bertz CT molecular complexity index is 976. The molecule has 0 saturated carbocycles. The Morgan fingerprint density at radius 2 is 1.80 bits per heavy atom. The molecule has 0 saturated heterocycles. The van der Waals surface area contributed by atoms with Crippen molar-refractivity contribution in [3.63, 3.8) is 0 Å². The van der Waals surface area contributed by atoms with Crippen molar-refractivity contribution < 1.29 is 18.2 Å². The van der Waals surface area contributed by atoms with Crippen LogP contribution in [0.4, 0.5) is 5.69 Å². The van der Waals surface area contributed by atoms with Gasteiger partial charge in [-0.25, -0.2) is 4.68 Å². The lowest BCUT2D eigenvalue weighted by molar-refractivity contribution is -0.342. The fourth-order valence-electron chi connectivity index (χ4n) is 2.51. The van der Waals surface area contributed by atoms with E-state index in [-0.39, 0.29) is 0 Å². The topological polar surface area (TPSA) is 97.9 Å². The summed E-state index contributed by atoms with van der Waals surface area (Å²) in [6.45, 7) is 0.494. The predicted molar refractivity (Wildman–Crippen MR) is 110 cm³/mol. The summed E-state index contributed by atoms with van der Waals surface area (Å²) in [6.07, 6.45) is 3.21. The van der Waals surface area contributed by atoms with Crippen molar-refractivity contribution in [2.45, 2.75) is 6.54 Å². The second kappa shape index (κ2) is 10.5. The minimum Gasteiger partial charge on any atom is -0.493 e. The van der Waals surface area contributed by atoms with E-state index in [0.717, 1.165) is 11.3 Å². The number of benzene rings is 2. The first kappa shape index (κ1) is 21.4. The first-order chi connectivity index (χ1) is 14.6. The van der Waals surface area contributed by atoms with E-state index in [0.29, 0.717) is 35.9 Å². The highest BCUT2D eigenvalue weighted by Crippen LogP contribution is 2.32. The number of methoxy groups -OCH3 is 1. The monoisotopic (exact) mass is 428 g/mol. The zero-order chi connectivity index (χ0) is 21.3. The minimum absolute atomic E-state index is 0.489. The van der Waals surface area contributed by atoms with Gasteiger partial charge in [-0.3, -0.25) is 5.01 Å². The van der Waals surface area contributed by atoms with Gasteiger partial charge in [0.05, 0.1) is 31.0 Å². The smallest absolute Gasteiger partial charge is 0.260 e. The van der Waals surface area contributed by atoms with Gasteiger partial charge in [0, 0.05) is 14.1 Å². The molecule has 2 aromatic carbocycles. The van der Waals surface area contributed by atoms with Crippen molar-refractivity contribution in [1.29, 1.82) is 5.26 Å². The number of nitrogens with zero attached hydrogens (tertiary/aromatic N) is 6. The van der Waals surface area contributed by atoms with Gasteiger partial charge in [0.25, 0.3) is 12.3 Å². The Hall–Kier alpha value is -3.30. The average Bonchev–Trinajstić information content (AvgIpc) is 3.30. The lowest BCUT2D eigenvalue weighted by Gasteiger charge is -2.25. The molecular formula is C19H20N6O4S. The number of hydrogen-bond donors (Lipinski definition) is 0. The summed E-state index contributed by atoms with van der Waals surface area (Å²) in [5.41, 5.74) is 2.41. The van der Waals surface area contributed by atoms with Crippen molar-refractivity contribution in [1.82, 2.24) is 19.9 Å². The number of hydroxylamine groups is 2. The quantitative estimate of drug-likeness (QED) is 0.207. The molecule has 156 valence electrons. The van der Waals surface area contributed by atoms with Crippen LogP contribution in [0.25, 0.3) is 0 Å². The Kier molecular flexibility index (Phi) is 7.47. The molecule has 1 aromatic heterocycles. The number of nitriles is 1. The molecule has 0 radical (unpaired) electrons. The molecule has 3 rings (SSSR count). The molecule has 0 atom stereocenters. The van der Waals surface area contributed by atoms with E-state index in [1.165, 1.54) is 5.06 Å². The molecule has 11 heteroatoms. The molecule has 0 fully saturated rings. The van der Waals surface area contributed by atoms with E-state index in [2.05, 4.69) is 16.3 Å². The number of aromatic nitrogens is 3. The molecule has 0 aliphatic rings. The van der Waals surface area contributed by atoms with Crippen LogP contribution in [0.5, 0.6) is 11.5 Å². The molecule has 30 heavy (non-hydrogen) atoms. The summed E-state index contributed by atoms with van der Waals surface area (Å²) in [6, 6.07) is 14.9. The van der Waals surface area contributed by atoms with Crippen LogP contribution in [0.2, 0.25) is 0 Å². The van der Waals surface area contributed by atoms with Gasteiger partial charge in [0.15, 0.2) is 11.5 Å². The zero-order valence-electron chi connectivity index (χ0n) is 16.6. The minimum atomic E-state index is 0.489. The molecule has 0 spiro atoms. The number of ether oxygens (including phenoxy) is 1.